The molecule has 0 aliphatic carbocycles. The van der Waals surface area contributed by atoms with Crippen LogP contribution in [0.3, 0.4) is 0 Å². The highest BCUT2D eigenvalue weighted by Gasteiger charge is 2.27. The molecule has 0 bridgehead atoms. The Labute approximate surface area is 218 Å². The number of hydrogen-bond donors (Lipinski definition) is 1. The third-order valence-corrected chi connectivity index (χ3v) is 7.50. The molecule has 35 heavy (non-hydrogen) atoms. The van der Waals surface area contributed by atoms with Gasteiger partial charge in [0.15, 0.2) is 0 Å². The molecular formula is C25H33Cl2N3O4S. The van der Waals surface area contributed by atoms with Gasteiger partial charge in [-0.2, -0.15) is 0 Å². The number of amides is 2. The van der Waals surface area contributed by atoms with Crippen molar-refractivity contribution in [3.63, 3.8) is 0 Å². The predicted molar refractivity (Wildman–Crippen MR) is 142 cm³/mol. The number of sulfonamides is 1. The fraction of sp³-hybridized carbons (Fsp3) is 0.440. The summed E-state index contributed by atoms with van der Waals surface area (Å²) in [5, 5.41) is 3.79. The molecular weight excluding hydrogens is 509 g/mol. The van der Waals surface area contributed by atoms with Crippen LogP contribution < -0.4 is 9.62 Å². The first-order valence-electron chi connectivity index (χ1n) is 11.5. The molecule has 0 aliphatic heterocycles. The van der Waals surface area contributed by atoms with E-state index in [1.54, 1.807) is 55.5 Å². The highest BCUT2D eigenvalue weighted by molar-refractivity contribution is 7.92. The lowest BCUT2D eigenvalue weighted by Crippen LogP contribution is -2.49. The first-order chi connectivity index (χ1) is 16.4. The van der Waals surface area contributed by atoms with Crippen molar-refractivity contribution in [3.05, 3.63) is 64.1 Å². The van der Waals surface area contributed by atoms with Gasteiger partial charge in [-0.1, -0.05) is 54.4 Å². The zero-order valence-corrected chi connectivity index (χ0v) is 22.8. The average Bonchev–Trinajstić information content (AvgIpc) is 2.80. The number of halogens is 2. The maximum absolute atomic E-state index is 13.3. The summed E-state index contributed by atoms with van der Waals surface area (Å²) in [6.07, 6.45) is 2.24. The lowest BCUT2D eigenvalue weighted by Gasteiger charge is -2.30. The summed E-state index contributed by atoms with van der Waals surface area (Å²) >= 11 is 12.3. The Morgan fingerprint density at radius 1 is 1.06 bits per heavy atom. The molecule has 2 aromatic carbocycles. The van der Waals surface area contributed by atoms with E-state index in [9.17, 15) is 18.0 Å². The summed E-state index contributed by atoms with van der Waals surface area (Å²) < 4.78 is 25.9. The van der Waals surface area contributed by atoms with E-state index in [4.69, 9.17) is 23.2 Å². The van der Waals surface area contributed by atoms with E-state index >= 15 is 0 Å². The van der Waals surface area contributed by atoms with Gasteiger partial charge in [0, 0.05) is 35.6 Å². The number of carbonyl (C=O) groups is 2. The number of rotatable bonds is 12. The third-order valence-electron chi connectivity index (χ3n) is 5.72. The highest BCUT2D eigenvalue weighted by atomic mass is 35.5. The van der Waals surface area contributed by atoms with Crippen molar-refractivity contribution in [2.24, 2.45) is 0 Å². The number of para-hydroxylation sites is 1. The van der Waals surface area contributed by atoms with E-state index in [1.807, 2.05) is 13.8 Å². The van der Waals surface area contributed by atoms with Gasteiger partial charge in [0.1, 0.15) is 6.04 Å². The van der Waals surface area contributed by atoms with Crippen LogP contribution in [0.5, 0.6) is 0 Å². The molecule has 0 aliphatic rings. The first kappa shape index (κ1) is 28.9. The molecule has 10 heteroatoms. The Hall–Kier alpha value is -2.29. The molecule has 2 rings (SSSR count). The Bertz CT molecular complexity index is 1110. The van der Waals surface area contributed by atoms with E-state index in [0.29, 0.717) is 21.3 Å². The summed E-state index contributed by atoms with van der Waals surface area (Å²) in [5.74, 6) is -0.538. The molecule has 0 aromatic heterocycles. The zero-order chi connectivity index (χ0) is 26.2. The smallest absolute Gasteiger partial charge is 0.242 e. The number of nitrogens with one attached hydrogen (secondary N) is 1. The van der Waals surface area contributed by atoms with Crippen molar-refractivity contribution in [1.29, 1.82) is 0 Å². The number of nitrogens with zero attached hydrogens (tertiary/aromatic N) is 2. The monoisotopic (exact) mass is 541 g/mol. The van der Waals surface area contributed by atoms with E-state index in [1.165, 1.54) is 9.21 Å². The summed E-state index contributed by atoms with van der Waals surface area (Å²) in [4.78, 5) is 27.6. The molecule has 0 fully saturated rings. The number of carbonyl (C=O) groups excluding carboxylic acids is 2. The van der Waals surface area contributed by atoms with Gasteiger partial charge in [0.25, 0.3) is 0 Å². The predicted octanol–water partition coefficient (Wildman–Crippen LogP) is 4.87. The van der Waals surface area contributed by atoms with Gasteiger partial charge in [0.05, 0.1) is 11.9 Å². The molecule has 2 amide bonds. The van der Waals surface area contributed by atoms with Crippen LogP contribution in [0.15, 0.2) is 48.5 Å². The van der Waals surface area contributed by atoms with Crippen LogP contribution in [0.1, 0.15) is 45.6 Å². The van der Waals surface area contributed by atoms with Gasteiger partial charge in [-0.15, -0.1) is 0 Å². The lowest BCUT2D eigenvalue weighted by atomic mass is 10.1. The quantitative estimate of drug-likeness (QED) is 0.415. The summed E-state index contributed by atoms with van der Waals surface area (Å²) in [5.41, 5.74) is 1.20. The van der Waals surface area contributed by atoms with Crippen LogP contribution in [0.25, 0.3) is 0 Å². The van der Waals surface area contributed by atoms with E-state index in [-0.39, 0.29) is 43.8 Å². The standard InChI is InChI=1S/C25H33Cl2N3O4S/c1-5-18(2)28-25(32)19(3)29(17-20-13-14-21(26)16-23(20)27)24(31)12-9-15-30(35(4,33)34)22-10-7-6-8-11-22/h6-8,10-11,13-14,16,18-19H,5,9,12,15,17H2,1-4H3,(H,28,32)/t18-,19+/m0/s1. The normalized spacial score (nSPS) is 13.1. The van der Waals surface area contributed by atoms with Crippen LogP contribution in [0.2, 0.25) is 10.0 Å². The van der Waals surface area contributed by atoms with E-state index < -0.39 is 16.1 Å². The van der Waals surface area contributed by atoms with Crippen molar-refractivity contribution < 1.29 is 18.0 Å². The largest absolute Gasteiger partial charge is 0.352 e. The van der Waals surface area contributed by atoms with Gasteiger partial charge in [-0.05, 0) is 56.5 Å². The van der Waals surface area contributed by atoms with E-state index in [0.717, 1.165) is 12.7 Å². The minimum absolute atomic E-state index is 0.0322. The van der Waals surface area contributed by atoms with Gasteiger partial charge >= 0.3 is 0 Å². The van der Waals surface area contributed by atoms with Gasteiger partial charge in [-0.25, -0.2) is 8.42 Å². The van der Waals surface area contributed by atoms with E-state index in [2.05, 4.69) is 5.32 Å². The van der Waals surface area contributed by atoms with Crippen LogP contribution in [-0.2, 0) is 26.2 Å². The SMILES string of the molecule is CC[C@H](C)NC(=O)[C@@H](C)N(Cc1ccc(Cl)cc1Cl)C(=O)CCCN(c1ccccc1)S(C)(=O)=O. The van der Waals surface area contributed by atoms with Crippen molar-refractivity contribution in [1.82, 2.24) is 10.2 Å². The lowest BCUT2D eigenvalue weighted by molar-refractivity contribution is -0.140. The number of benzene rings is 2. The maximum Gasteiger partial charge on any atom is 0.242 e. The Morgan fingerprint density at radius 2 is 1.71 bits per heavy atom. The Morgan fingerprint density at radius 3 is 2.29 bits per heavy atom. The molecule has 2 aromatic rings. The molecule has 0 saturated heterocycles. The molecule has 0 saturated carbocycles. The molecule has 192 valence electrons. The van der Waals surface area contributed by atoms with Crippen LogP contribution in [0.4, 0.5) is 5.69 Å². The van der Waals surface area contributed by atoms with Gasteiger partial charge < -0.3 is 10.2 Å². The summed E-state index contributed by atoms with van der Waals surface area (Å²) in [7, 11) is -3.53. The molecule has 0 heterocycles. The molecule has 0 spiro atoms. The topological polar surface area (TPSA) is 86.8 Å². The molecule has 0 unspecified atom stereocenters. The zero-order valence-electron chi connectivity index (χ0n) is 20.5. The van der Waals surface area contributed by atoms with Crippen LogP contribution in [-0.4, -0.2) is 50.0 Å². The molecule has 0 radical (unpaired) electrons. The van der Waals surface area contributed by atoms with Crippen molar-refractivity contribution >= 4 is 50.7 Å². The average molecular weight is 543 g/mol. The molecule has 7 nitrogen and oxygen atoms in total. The second kappa shape index (κ2) is 13.1. The second-order valence-electron chi connectivity index (χ2n) is 8.53. The Balaban J connectivity index is 2.19. The van der Waals surface area contributed by atoms with Crippen LogP contribution >= 0.6 is 23.2 Å². The summed E-state index contributed by atoms with van der Waals surface area (Å²) in [6, 6.07) is 13.0. The number of anilines is 1. The fourth-order valence-electron chi connectivity index (χ4n) is 3.48. The van der Waals surface area contributed by atoms with Gasteiger partial charge in [0.2, 0.25) is 21.8 Å². The van der Waals surface area contributed by atoms with Crippen molar-refractivity contribution in [3.8, 4) is 0 Å². The second-order valence-corrected chi connectivity index (χ2v) is 11.3. The molecule has 1 N–H and O–H groups in total. The highest BCUT2D eigenvalue weighted by Crippen LogP contribution is 2.24. The third kappa shape index (κ3) is 8.70. The minimum atomic E-state index is -3.53. The van der Waals surface area contributed by atoms with Crippen LogP contribution in [0, 0.1) is 0 Å². The Kier molecular flexibility index (Phi) is 10.9. The first-order valence-corrected chi connectivity index (χ1v) is 14.1. The minimum Gasteiger partial charge on any atom is -0.352 e. The fourth-order valence-corrected chi connectivity index (χ4v) is 4.91. The molecule has 2 atom stereocenters. The number of hydrogen-bond acceptors (Lipinski definition) is 4. The van der Waals surface area contributed by atoms with Gasteiger partial charge in [-0.3, -0.25) is 13.9 Å². The van der Waals surface area contributed by atoms with Crippen molar-refractivity contribution in [2.75, 3.05) is 17.1 Å². The maximum atomic E-state index is 13.3. The summed E-state index contributed by atoms with van der Waals surface area (Å²) in [6.45, 7) is 5.80. The van der Waals surface area contributed by atoms with Crippen molar-refractivity contribution in [2.45, 2.75) is 58.7 Å².